The molecule has 0 bridgehead atoms. The van der Waals surface area contributed by atoms with Crippen molar-refractivity contribution in [2.75, 3.05) is 5.32 Å². The van der Waals surface area contributed by atoms with E-state index in [1.54, 1.807) is 39.0 Å². The molecule has 0 unspecified atom stereocenters. The summed E-state index contributed by atoms with van der Waals surface area (Å²) >= 11 is 8.10. The number of hydrogen-bond acceptors (Lipinski definition) is 2. The summed E-state index contributed by atoms with van der Waals surface area (Å²) in [5, 5.41) is 14.5. The Balaban J connectivity index is 2.79. The highest BCUT2D eigenvalue weighted by Gasteiger charge is 2.32. The Labute approximate surface area is 136 Å². The van der Waals surface area contributed by atoms with Crippen LogP contribution in [-0.2, 0) is 4.79 Å². The first-order valence-corrected chi connectivity index (χ1v) is 7.32. The Kier molecular flexibility index (Phi) is 5.64. The molecule has 1 aromatic carbocycles. The van der Waals surface area contributed by atoms with Gasteiger partial charge in [0.05, 0.1) is 10.7 Å². The van der Waals surface area contributed by atoms with Crippen LogP contribution in [0.15, 0.2) is 18.2 Å². The van der Waals surface area contributed by atoms with Gasteiger partial charge in [0.2, 0.25) is 0 Å². The maximum atomic E-state index is 11.9. The molecule has 0 fully saturated rings. The maximum absolute atomic E-state index is 11.9. The van der Waals surface area contributed by atoms with Crippen molar-refractivity contribution < 1.29 is 14.7 Å². The van der Waals surface area contributed by atoms with E-state index in [9.17, 15) is 9.59 Å². The van der Waals surface area contributed by atoms with Gasteiger partial charge in [0, 0.05) is 3.57 Å². The van der Waals surface area contributed by atoms with Crippen molar-refractivity contribution in [1.29, 1.82) is 0 Å². The number of rotatable bonds is 3. The van der Waals surface area contributed by atoms with Crippen LogP contribution in [0.1, 0.15) is 20.8 Å². The largest absolute Gasteiger partial charge is 0.480 e. The number of halogens is 2. The molecule has 0 spiro atoms. The number of carboxylic acid groups (broad SMARTS) is 1. The van der Waals surface area contributed by atoms with Crippen LogP contribution in [0.3, 0.4) is 0 Å². The molecule has 0 radical (unpaired) electrons. The first kappa shape index (κ1) is 17.0. The van der Waals surface area contributed by atoms with Gasteiger partial charge in [-0.2, -0.15) is 0 Å². The minimum Gasteiger partial charge on any atom is -0.480 e. The molecule has 3 N–H and O–H groups in total. The summed E-state index contributed by atoms with van der Waals surface area (Å²) in [5.41, 5.74) is -0.165. The highest BCUT2D eigenvalue weighted by atomic mass is 127. The number of benzene rings is 1. The van der Waals surface area contributed by atoms with Gasteiger partial charge in [0.25, 0.3) is 0 Å². The Morgan fingerprint density at radius 3 is 2.40 bits per heavy atom. The van der Waals surface area contributed by atoms with Crippen LogP contribution >= 0.6 is 34.2 Å². The van der Waals surface area contributed by atoms with Gasteiger partial charge >= 0.3 is 12.0 Å². The molecule has 1 aromatic rings. The Hall–Kier alpha value is -1.02. The average Bonchev–Trinajstić information content (AvgIpc) is 2.28. The lowest BCUT2D eigenvalue weighted by atomic mass is 9.87. The van der Waals surface area contributed by atoms with Crippen molar-refractivity contribution in [2.45, 2.75) is 26.8 Å². The van der Waals surface area contributed by atoms with Gasteiger partial charge in [0.1, 0.15) is 6.04 Å². The summed E-state index contributed by atoms with van der Waals surface area (Å²) in [6.45, 7) is 5.22. The smallest absolute Gasteiger partial charge is 0.326 e. The summed E-state index contributed by atoms with van der Waals surface area (Å²) in [6, 6.07) is 3.56. The second kappa shape index (κ2) is 6.62. The second-order valence-corrected chi connectivity index (χ2v) is 7.01. The number of nitrogens with one attached hydrogen (secondary N) is 2. The molecule has 1 rings (SSSR count). The molecule has 0 aromatic heterocycles. The van der Waals surface area contributed by atoms with Crippen LogP contribution in [0, 0.1) is 8.99 Å². The third-order valence-corrected chi connectivity index (χ3v) is 3.55. The van der Waals surface area contributed by atoms with Gasteiger partial charge in [0.15, 0.2) is 0 Å². The van der Waals surface area contributed by atoms with Gasteiger partial charge < -0.3 is 15.7 Å². The Morgan fingerprint density at radius 2 is 1.95 bits per heavy atom. The number of anilines is 1. The number of hydrogen-bond donors (Lipinski definition) is 3. The van der Waals surface area contributed by atoms with Crippen molar-refractivity contribution in [3.05, 3.63) is 26.8 Å². The molecule has 2 amide bonds. The number of amides is 2. The van der Waals surface area contributed by atoms with Crippen molar-refractivity contribution in [3.63, 3.8) is 0 Å². The van der Waals surface area contributed by atoms with Crippen LogP contribution in [0.4, 0.5) is 10.5 Å². The first-order chi connectivity index (χ1) is 9.11. The molecule has 0 heterocycles. The summed E-state index contributed by atoms with van der Waals surface area (Å²) in [6.07, 6.45) is 0. The highest BCUT2D eigenvalue weighted by molar-refractivity contribution is 14.1. The van der Waals surface area contributed by atoms with E-state index in [2.05, 4.69) is 33.2 Å². The standard InChI is InChI=1S/C13H16ClIN2O3/c1-13(2,3)10(11(18)19)17-12(20)16-9-5-4-7(15)6-8(9)14/h4-6,10H,1-3H3,(H,18,19)(H2,16,17,20)/t10-/m1/s1. The van der Waals surface area contributed by atoms with E-state index in [1.165, 1.54) is 0 Å². The second-order valence-electron chi connectivity index (χ2n) is 5.36. The molecule has 0 saturated carbocycles. The summed E-state index contributed by atoms with van der Waals surface area (Å²) in [5.74, 6) is -1.08. The molecule has 0 aliphatic carbocycles. The van der Waals surface area contributed by atoms with E-state index in [-0.39, 0.29) is 0 Å². The molecule has 110 valence electrons. The first-order valence-electron chi connectivity index (χ1n) is 5.86. The quantitative estimate of drug-likeness (QED) is 0.667. The van der Waals surface area contributed by atoms with E-state index in [0.717, 1.165) is 3.57 Å². The van der Waals surface area contributed by atoms with E-state index < -0.39 is 23.5 Å². The molecular weight excluding hydrogens is 395 g/mol. The zero-order valence-electron chi connectivity index (χ0n) is 11.3. The van der Waals surface area contributed by atoms with Crippen molar-refractivity contribution in [3.8, 4) is 0 Å². The summed E-state index contributed by atoms with van der Waals surface area (Å²) < 4.78 is 0.941. The highest BCUT2D eigenvalue weighted by Crippen LogP contribution is 2.24. The predicted octanol–water partition coefficient (Wildman–Crippen LogP) is 3.57. The maximum Gasteiger partial charge on any atom is 0.326 e. The summed E-state index contributed by atoms with van der Waals surface area (Å²) in [7, 11) is 0. The minimum atomic E-state index is -1.08. The molecule has 0 aliphatic rings. The molecule has 1 atom stereocenters. The third kappa shape index (κ3) is 4.82. The molecule has 0 saturated heterocycles. The number of carbonyl (C=O) groups is 2. The Morgan fingerprint density at radius 1 is 1.35 bits per heavy atom. The predicted molar refractivity (Wildman–Crippen MR) is 87.2 cm³/mol. The molecule has 0 aliphatic heterocycles. The van der Waals surface area contributed by atoms with Crippen LogP contribution in [0.5, 0.6) is 0 Å². The normalized spacial score (nSPS) is 12.7. The molecule has 5 nitrogen and oxygen atoms in total. The van der Waals surface area contributed by atoms with Crippen molar-refractivity contribution in [2.24, 2.45) is 5.41 Å². The van der Waals surface area contributed by atoms with Gasteiger partial charge in [-0.1, -0.05) is 32.4 Å². The SMILES string of the molecule is CC(C)(C)[C@H](NC(=O)Nc1ccc(I)cc1Cl)C(=O)O. The molecule has 20 heavy (non-hydrogen) atoms. The topological polar surface area (TPSA) is 78.4 Å². The number of urea groups is 1. The fraction of sp³-hybridized carbons (Fsp3) is 0.385. The van der Waals surface area contributed by atoms with Gasteiger partial charge in [-0.3, -0.25) is 0 Å². The van der Waals surface area contributed by atoms with Gasteiger partial charge in [-0.25, -0.2) is 9.59 Å². The van der Waals surface area contributed by atoms with Gasteiger partial charge in [-0.15, -0.1) is 0 Å². The van der Waals surface area contributed by atoms with E-state index in [0.29, 0.717) is 10.7 Å². The van der Waals surface area contributed by atoms with Crippen molar-refractivity contribution in [1.82, 2.24) is 5.32 Å². The number of aliphatic carboxylic acids is 1. The fourth-order valence-electron chi connectivity index (χ4n) is 1.53. The van der Waals surface area contributed by atoms with E-state index in [1.807, 2.05) is 0 Å². The van der Waals surface area contributed by atoms with Crippen LogP contribution in [0.25, 0.3) is 0 Å². The molecular formula is C13H16ClIN2O3. The van der Waals surface area contributed by atoms with Crippen LogP contribution in [0.2, 0.25) is 5.02 Å². The van der Waals surface area contributed by atoms with Gasteiger partial charge in [-0.05, 0) is 46.2 Å². The fourth-order valence-corrected chi connectivity index (χ4v) is 2.43. The average molecular weight is 411 g/mol. The zero-order valence-corrected chi connectivity index (χ0v) is 14.2. The van der Waals surface area contributed by atoms with Crippen molar-refractivity contribution >= 4 is 51.9 Å². The minimum absolute atomic E-state index is 0.398. The lowest BCUT2D eigenvalue weighted by molar-refractivity contribution is -0.141. The van der Waals surface area contributed by atoms with Crippen LogP contribution in [-0.4, -0.2) is 23.1 Å². The van der Waals surface area contributed by atoms with E-state index in [4.69, 9.17) is 16.7 Å². The van der Waals surface area contributed by atoms with Crippen LogP contribution < -0.4 is 10.6 Å². The molecule has 7 heteroatoms. The lowest BCUT2D eigenvalue weighted by Gasteiger charge is -2.27. The number of carbonyl (C=O) groups excluding carboxylic acids is 1. The monoisotopic (exact) mass is 410 g/mol. The Bertz CT molecular complexity index is 529. The lowest BCUT2D eigenvalue weighted by Crippen LogP contribution is -2.50. The third-order valence-electron chi connectivity index (χ3n) is 2.57. The van der Waals surface area contributed by atoms with E-state index >= 15 is 0 Å². The number of carboxylic acids is 1. The zero-order chi connectivity index (χ0) is 15.5. The summed E-state index contributed by atoms with van der Waals surface area (Å²) in [4.78, 5) is 23.0.